The molecule has 1 heterocycles. The largest absolute Gasteiger partial charge is 0.460 e. The van der Waals surface area contributed by atoms with Gasteiger partial charge in [0.15, 0.2) is 11.6 Å². The second-order valence-electron chi connectivity index (χ2n) is 7.17. The highest BCUT2D eigenvalue weighted by Gasteiger charge is 2.17. The molecule has 0 atom stereocenters. The first-order valence-corrected chi connectivity index (χ1v) is 7.68. The molecule has 0 bridgehead atoms. The van der Waals surface area contributed by atoms with Gasteiger partial charge in [-0.15, -0.1) is 20.4 Å². The highest BCUT2D eigenvalue weighted by atomic mass is 16.6. The summed E-state index contributed by atoms with van der Waals surface area (Å²) in [6.07, 6.45) is -0.134. The molecule has 0 aliphatic carbocycles. The van der Waals surface area contributed by atoms with Gasteiger partial charge < -0.3 is 14.8 Å². The van der Waals surface area contributed by atoms with Crippen molar-refractivity contribution >= 4 is 12.1 Å². The average Bonchev–Trinajstić information content (AvgIpc) is 2.40. The smallest absolute Gasteiger partial charge is 0.408 e. The molecule has 9 nitrogen and oxygen atoms in total. The summed E-state index contributed by atoms with van der Waals surface area (Å²) >= 11 is 0. The first kappa shape index (κ1) is 19.7. The van der Waals surface area contributed by atoms with Crippen LogP contribution in [0, 0.1) is 0 Å². The van der Waals surface area contributed by atoms with E-state index in [-0.39, 0.29) is 31.2 Å². The van der Waals surface area contributed by atoms with Crippen molar-refractivity contribution in [2.24, 2.45) is 0 Å². The quantitative estimate of drug-likeness (QED) is 0.803. The summed E-state index contributed by atoms with van der Waals surface area (Å²) in [4.78, 5) is 23.1. The third-order valence-electron chi connectivity index (χ3n) is 2.32. The number of aromatic nitrogens is 4. The molecule has 0 spiro atoms. The number of alkyl carbamates (subject to hydrolysis) is 1. The maximum atomic E-state index is 11.6. The highest BCUT2D eigenvalue weighted by Crippen LogP contribution is 2.09. The Morgan fingerprint density at radius 1 is 0.875 bits per heavy atom. The molecule has 1 aromatic rings. The predicted molar refractivity (Wildman–Crippen MR) is 84.9 cm³/mol. The monoisotopic (exact) mass is 339 g/mol. The number of ether oxygens (including phenoxy) is 2. The Bertz CT molecular complexity index is 510. The third-order valence-corrected chi connectivity index (χ3v) is 2.32. The number of nitrogens with zero attached hydrogens (tertiary/aromatic N) is 4. The number of amides is 1. The molecule has 1 aromatic heterocycles. The van der Waals surface area contributed by atoms with E-state index in [2.05, 4.69) is 25.7 Å². The zero-order valence-electron chi connectivity index (χ0n) is 15.0. The van der Waals surface area contributed by atoms with Crippen LogP contribution >= 0.6 is 0 Å². The SMILES string of the molecule is CC(C)(C)OC(=O)CCc1nnc(CNC(=O)OC(C)(C)C)nn1. The van der Waals surface area contributed by atoms with Crippen molar-refractivity contribution in [3.63, 3.8) is 0 Å². The summed E-state index contributed by atoms with van der Waals surface area (Å²) in [5, 5.41) is 18.0. The zero-order chi connectivity index (χ0) is 18.4. The lowest BCUT2D eigenvalue weighted by atomic mass is 10.2. The van der Waals surface area contributed by atoms with Crippen molar-refractivity contribution in [3.05, 3.63) is 11.6 Å². The van der Waals surface area contributed by atoms with Crippen LogP contribution in [0.15, 0.2) is 0 Å². The molecule has 0 radical (unpaired) electrons. The van der Waals surface area contributed by atoms with Crippen molar-refractivity contribution < 1.29 is 19.1 Å². The molecule has 134 valence electrons. The minimum atomic E-state index is -0.576. The average molecular weight is 339 g/mol. The van der Waals surface area contributed by atoms with E-state index < -0.39 is 17.3 Å². The standard InChI is InChI=1S/C15H25N5O4/c1-14(2,3)23-12(21)8-7-10-17-19-11(20-18-10)9-16-13(22)24-15(4,5)6/h7-9H2,1-6H3,(H,16,22). The van der Waals surface area contributed by atoms with Crippen LogP contribution < -0.4 is 5.32 Å². The first-order chi connectivity index (χ1) is 10.9. The molecule has 1 rings (SSSR count). The van der Waals surface area contributed by atoms with Crippen molar-refractivity contribution in [1.29, 1.82) is 0 Å². The Labute approximate surface area is 141 Å². The van der Waals surface area contributed by atoms with E-state index in [4.69, 9.17) is 9.47 Å². The molecule has 1 amide bonds. The fourth-order valence-corrected chi connectivity index (χ4v) is 1.51. The molecule has 0 fully saturated rings. The maximum absolute atomic E-state index is 11.6. The molecule has 0 aliphatic rings. The molecule has 24 heavy (non-hydrogen) atoms. The number of hydrogen-bond donors (Lipinski definition) is 1. The van der Waals surface area contributed by atoms with Gasteiger partial charge in [0.1, 0.15) is 11.2 Å². The van der Waals surface area contributed by atoms with Gasteiger partial charge in [0.25, 0.3) is 0 Å². The van der Waals surface area contributed by atoms with E-state index in [1.54, 1.807) is 41.5 Å². The van der Waals surface area contributed by atoms with Gasteiger partial charge in [-0.2, -0.15) is 0 Å². The summed E-state index contributed by atoms with van der Waals surface area (Å²) in [7, 11) is 0. The molecule has 1 N–H and O–H groups in total. The topological polar surface area (TPSA) is 116 Å². The number of esters is 1. The van der Waals surface area contributed by atoms with E-state index in [9.17, 15) is 9.59 Å². The van der Waals surface area contributed by atoms with E-state index in [1.807, 2.05) is 0 Å². The number of carbonyl (C=O) groups excluding carboxylic acids is 2. The lowest BCUT2D eigenvalue weighted by Crippen LogP contribution is -2.32. The van der Waals surface area contributed by atoms with Crippen LogP contribution in [-0.4, -0.2) is 43.7 Å². The van der Waals surface area contributed by atoms with Crippen molar-refractivity contribution in [2.75, 3.05) is 0 Å². The molecule has 0 aromatic carbocycles. The second kappa shape index (κ2) is 7.98. The van der Waals surface area contributed by atoms with Gasteiger partial charge in [-0.3, -0.25) is 4.79 Å². The fraction of sp³-hybridized carbons (Fsp3) is 0.733. The maximum Gasteiger partial charge on any atom is 0.408 e. The Kier molecular flexibility index (Phi) is 6.56. The third kappa shape index (κ3) is 8.96. The summed E-state index contributed by atoms with van der Waals surface area (Å²) < 4.78 is 10.3. The summed E-state index contributed by atoms with van der Waals surface area (Å²) in [5.41, 5.74) is -1.10. The number of rotatable bonds is 5. The Morgan fingerprint density at radius 2 is 1.38 bits per heavy atom. The number of carbonyl (C=O) groups is 2. The normalized spacial score (nSPS) is 11.8. The van der Waals surface area contributed by atoms with Crippen molar-refractivity contribution in [3.8, 4) is 0 Å². The zero-order valence-corrected chi connectivity index (χ0v) is 15.0. The van der Waals surface area contributed by atoms with Gasteiger partial charge >= 0.3 is 12.1 Å². The van der Waals surface area contributed by atoms with Crippen LogP contribution in [0.3, 0.4) is 0 Å². The minimum absolute atomic E-state index is 0.0568. The number of nitrogens with one attached hydrogen (secondary N) is 1. The van der Waals surface area contributed by atoms with Gasteiger partial charge in [0.05, 0.1) is 13.0 Å². The minimum Gasteiger partial charge on any atom is -0.460 e. The lowest BCUT2D eigenvalue weighted by molar-refractivity contribution is -0.154. The highest BCUT2D eigenvalue weighted by molar-refractivity contribution is 5.70. The molecule has 0 saturated heterocycles. The van der Waals surface area contributed by atoms with Crippen molar-refractivity contribution in [2.45, 2.75) is 72.1 Å². The molecule has 0 unspecified atom stereocenters. The van der Waals surface area contributed by atoms with Crippen LogP contribution in [0.4, 0.5) is 4.79 Å². The van der Waals surface area contributed by atoms with Crippen LogP contribution in [0.25, 0.3) is 0 Å². The summed E-state index contributed by atoms with van der Waals surface area (Å²) in [6.45, 7) is 10.8. The van der Waals surface area contributed by atoms with Gasteiger partial charge in [-0.1, -0.05) is 0 Å². The first-order valence-electron chi connectivity index (χ1n) is 7.68. The van der Waals surface area contributed by atoms with E-state index in [0.29, 0.717) is 5.82 Å². The van der Waals surface area contributed by atoms with Crippen LogP contribution in [0.5, 0.6) is 0 Å². The summed E-state index contributed by atoms with van der Waals surface area (Å²) in [6, 6.07) is 0. The number of aryl methyl sites for hydroxylation is 1. The van der Waals surface area contributed by atoms with Gasteiger partial charge in [-0.05, 0) is 41.5 Å². The Hall–Kier alpha value is -2.32. The molecule has 0 saturated carbocycles. The van der Waals surface area contributed by atoms with Crippen LogP contribution in [-0.2, 0) is 27.2 Å². The van der Waals surface area contributed by atoms with E-state index in [1.165, 1.54) is 0 Å². The van der Waals surface area contributed by atoms with Crippen LogP contribution in [0.2, 0.25) is 0 Å². The van der Waals surface area contributed by atoms with Crippen LogP contribution in [0.1, 0.15) is 59.6 Å². The van der Waals surface area contributed by atoms with E-state index >= 15 is 0 Å². The molecule has 0 aliphatic heterocycles. The predicted octanol–water partition coefficient (Wildman–Crippen LogP) is 1.57. The molecular weight excluding hydrogens is 314 g/mol. The lowest BCUT2D eigenvalue weighted by Gasteiger charge is -2.19. The number of hydrogen-bond acceptors (Lipinski definition) is 8. The van der Waals surface area contributed by atoms with E-state index in [0.717, 1.165) is 0 Å². The van der Waals surface area contributed by atoms with Crippen molar-refractivity contribution in [1.82, 2.24) is 25.7 Å². The second-order valence-corrected chi connectivity index (χ2v) is 7.17. The van der Waals surface area contributed by atoms with Gasteiger partial charge in [-0.25, -0.2) is 4.79 Å². The molecule has 9 heteroatoms. The van der Waals surface area contributed by atoms with Gasteiger partial charge in [0, 0.05) is 6.42 Å². The Balaban J connectivity index is 2.41. The fourth-order valence-electron chi connectivity index (χ4n) is 1.51. The van der Waals surface area contributed by atoms with Gasteiger partial charge in [0.2, 0.25) is 0 Å². The Morgan fingerprint density at radius 3 is 1.88 bits per heavy atom. The summed E-state index contributed by atoms with van der Waals surface area (Å²) in [5.74, 6) is 0.255. The molecular formula is C15H25N5O4.